The van der Waals surface area contributed by atoms with Crippen molar-refractivity contribution >= 4 is 21.7 Å². The van der Waals surface area contributed by atoms with Crippen molar-refractivity contribution in [2.75, 3.05) is 0 Å². The molecule has 0 aliphatic heterocycles. The van der Waals surface area contributed by atoms with Crippen LogP contribution in [0.4, 0.5) is 13.2 Å². The number of halogens is 4. The summed E-state index contributed by atoms with van der Waals surface area (Å²) >= 11 is 2.90. The van der Waals surface area contributed by atoms with Crippen molar-refractivity contribution in [3.8, 4) is 0 Å². The topological polar surface area (TPSA) is 17.1 Å². The highest BCUT2D eigenvalue weighted by atomic mass is 79.9. The van der Waals surface area contributed by atoms with Gasteiger partial charge >= 0.3 is 6.18 Å². The Bertz CT molecular complexity index is 317. The van der Waals surface area contributed by atoms with Crippen molar-refractivity contribution < 1.29 is 18.0 Å². The standard InChI is InChI=1S/C10H10BrF3O/c1-7(11)8(15)9(10(12,13)14)5-3-2-4-6-9/h2-5,7H,6H2,1H3. The van der Waals surface area contributed by atoms with Gasteiger partial charge in [-0.1, -0.05) is 40.2 Å². The second-order valence-electron chi connectivity index (χ2n) is 3.44. The van der Waals surface area contributed by atoms with Gasteiger partial charge in [-0.05, 0) is 13.3 Å². The molecule has 0 spiro atoms. The summed E-state index contributed by atoms with van der Waals surface area (Å²) in [5.74, 6) is -0.851. The molecule has 0 saturated heterocycles. The van der Waals surface area contributed by atoms with Crippen molar-refractivity contribution in [2.24, 2.45) is 5.41 Å². The van der Waals surface area contributed by atoms with Gasteiger partial charge < -0.3 is 0 Å². The van der Waals surface area contributed by atoms with Gasteiger partial charge in [-0.2, -0.15) is 13.2 Å². The van der Waals surface area contributed by atoms with Crippen molar-refractivity contribution in [2.45, 2.75) is 24.3 Å². The Balaban J connectivity index is 3.14. The fourth-order valence-corrected chi connectivity index (χ4v) is 1.92. The molecule has 2 unspecified atom stereocenters. The predicted octanol–water partition coefficient (Wildman–Crippen LogP) is 3.40. The molecule has 84 valence electrons. The minimum atomic E-state index is -4.55. The highest BCUT2D eigenvalue weighted by Gasteiger charge is 2.58. The molecule has 0 heterocycles. The van der Waals surface area contributed by atoms with Crippen LogP contribution in [0.3, 0.4) is 0 Å². The van der Waals surface area contributed by atoms with Crippen LogP contribution < -0.4 is 0 Å². The van der Waals surface area contributed by atoms with Crippen LogP contribution in [-0.4, -0.2) is 16.8 Å². The van der Waals surface area contributed by atoms with E-state index in [-0.39, 0.29) is 6.42 Å². The third kappa shape index (κ3) is 2.17. The van der Waals surface area contributed by atoms with Gasteiger partial charge in [-0.3, -0.25) is 4.79 Å². The van der Waals surface area contributed by atoms with Crippen LogP contribution in [0.2, 0.25) is 0 Å². The molecule has 15 heavy (non-hydrogen) atoms. The average Bonchev–Trinajstić information content (AvgIpc) is 2.16. The number of ketones is 1. The molecule has 0 N–H and O–H groups in total. The van der Waals surface area contributed by atoms with E-state index in [2.05, 4.69) is 15.9 Å². The highest BCUT2D eigenvalue weighted by molar-refractivity contribution is 9.10. The first-order chi connectivity index (χ1) is 6.81. The Kier molecular flexibility index (Phi) is 3.43. The van der Waals surface area contributed by atoms with E-state index >= 15 is 0 Å². The summed E-state index contributed by atoms with van der Waals surface area (Å²) in [5, 5.41) is 0. The lowest BCUT2D eigenvalue weighted by molar-refractivity contribution is -0.204. The van der Waals surface area contributed by atoms with Crippen LogP contribution in [0.25, 0.3) is 0 Å². The second-order valence-corrected chi connectivity index (χ2v) is 4.81. The number of allylic oxidation sites excluding steroid dienone is 4. The minimum Gasteiger partial charge on any atom is -0.297 e. The van der Waals surface area contributed by atoms with E-state index in [0.29, 0.717) is 0 Å². The summed E-state index contributed by atoms with van der Waals surface area (Å²) in [6, 6.07) is 0. The molecule has 1 nitrogen and oxygen atoms in total. The number of alkyl halides is 4. The molecule has 0 aromatic heterocycles. The molecule has 0 amide bonds. The lowest BCUT2D eigenvalue weighted by Crippen LogP contribution is -2.46. The predicted molar refractivity (Wildman–Crippen MR) is 54.8 cm³/mol. The summed E-state index contributed by atoms with van der Waals surface area (Å²) in [6.07, 6.45) is 0.212. The molecule has 0 saturated carbocycles. The van der Waals surface area contributed by atoms with Crippen molar-refractivity contribution in [1.29, 1.82) is 0 Å². The third-order valence-electron chi connectivity index (χ3n) is 2.37. The second kappa shape index (κ2) is 4.12. The molecule has 1 rings (SSSR count). The lowest BCUT2D eigenvalue weighted by Gasteiger charge is -2.32. The van der Waals surface area contributed by atoms with Crippen molar-refractivity contribution in [1.82, 2.24) is 0 Å². The van der Waals surface area contributed by atoms with Crippen LogP contribution in [0.15, 0.2) is 24.3 Å². The summed E-state index contributed by atoms with van der Waals surface area (Å²) in [4.78, 5) is 10.8. The van der Waals surface area contributed by atoms with Gasteiger partial charge in [0.2, 0.25) is 0 Å². The highest BCUT2D eigenvalue weighted by Crippen LogP contribution is 2.46. The largest absolute Gasteiger partial charge is 0.405 e. The van der Waals surface area contributed by atoms with E-state index in [1.54, 1.807) is 0 Å². The molecule has 0 aromatic rings. The minimum absolute atomic E-state index is 0.318. The smallest absolute Gasteiger partial charge is 0.297 e. The number of hydrogen-bond acceptors (Lipinski definition) is 1. The molecular formula is C10H10BrF3O. The lowest BCUT2D eigenvalue weighted by atomic mass is 9.76. The van der Waals surface area contributed by atoms with Gasteiger partial charge in [0, 0.05) is 0 Å². The van der Waals surface area contributed by atoms with E-state index < -0.39 is 22.2 Å². The van der Waals surface area contributed by atoms with Crippen LogP contribution in [0.5, 0.6) is 0 Å². The molecule has 0 bridgehead atoms. The maximum atomic E-state index is 12.9. The average molecular weight is 283 g/mol. The maximum absolute atomic E-state index is 12.9. The number of hydrogen-bond donors (Lipinski definition) is 0. The van der Waals surface area contributed by atoms with Crippen LogP contribution >= 0.6 is 15.9 Å². The number of carbonyl (C=O) groups excluding carboxylic acids is 1. The number of rotatable bonds is 2. The van der Waals surface area contributed by atoms with E-state index in [0.717, 1.165) is 6.08 Å². The van der Waals surface area contributed by atoms with Gasteiger partial charge in [0.25, 0.3) is 0 Å². The molecule has 0 aromatic carbocycles. The normalized spacial score (nSPS) is 27.8. The molecule has 1 aliphatic carbocycles. The zero-order valence-electron chi connectivity index (χ0n) is 8.01. The monoisotopic (exact) mass is 282 g/mol. The fraction of sp³-hybridized carbons (Fsp3) is 0.500. The number of carbonyl (C=O) groups is 1. The Morgan fingerprint density at radius 2 is 2.07 bits per heavy atom. The van der Waals surface area contributed by atoms with E-state index in [1.807, 2.05) is 0 Å². The zero-order chi connectivity index (χ0) is 11.7. The van der Waals surface area contributed by atoms with Crippen molar-refractivity contribution in [3.63, 3.8) is 0 Å². The summed E-state index contributed by atoms with van der Waals surface area (Å²) in [6.45, 7) is 1.40. The van der Waals surface area contributed by atoms with Crippen LogP contribution in [0.1, 0.15) is 13.3 Å². The fourth-order valence-electron chi connectivity index (χ4n) is 1.51. The number of Topliss-reactive ketones (excluding diaryl/α,β-unsaturated/α-hetero) is 1. The Labute approximate surface area is 94.2 Å². The van der Waals surface area contributed by atoms with Gasteiger partial charge in [0.15, 0.2) is 5.78 Å². The first kappa shape index (κ1) is 12.5. The SMILES string of the molecule is CC(Br)C(=O)C1(C(F)(F)F)C=CC=CC1. The zero-order valence-corrected chi connectivity index (χ0v) is 9.60. The summed E-state index contributed by atoms with van der Waals surface area (Å²) in [7, 11) is 0. The molecule has 0 radical (unpaired) electrons. The van der Waals surface area contributed by atoms with Gasteiger partial charge in [0.05, 0.1) is 4.83 Å². The molecule has 5 heteroatoms. The first-order valence-electron chi connectivity index (χ1n) is 4.41. The van der Waals surface area contributed by atoms with Gasteiger partial charge in [-0.15, -0.1) is 0 Å². The van der Waals surface area contributed by atoms with Gasteiger partial charge in [-0.25, -0.2) is 0 Å². The molecule has 2 atom stereocenters. The van der Waals surface area contributed by atoms with Crippen LogP contribution in [-0.2, 0) is 4.79 Å². The van der Waals surface area contributed by atoms with E-state index in [1.165, 1.54) is 25.2 Å². The Morgan fingerprint density at radius 1 is 1.47 bits per heavy atom. The van der Waals surface area contributed by atoms with Gasteiger partial charge in [0.1, 0.15) is 5.41 Å². The van der Waals surface area contributed by atoms with E-state index in [9.17, 15) is 18.0 Å². The molecule has 0 fully saturated rings. The Morgan fingerprint density at radius 3 is 2.40 bits per heavy atom. The van der Waals surface area contributed by atoms with Crippen LogP contribution in [0, 0.1) is 5.41 Å². The summed E-state index contributed by atoms with van der Waals surface area (Å²) in [5.41, 5.74) is -2.36. The quantitative estimate of drug-likeness (QED) is 0.710. The maximum Gasteiger partial charge on any atom is 0.405 e. The molecule has 1 aliphatic rings. The Hall–Kier alpha value is -0.580. The summed E-state index contributed by atoms with van der Waals surface area (Å²) < 4.78 is 38.6. The third-order valence-corrected chi connectivity index (χ3v) is 2.79. The van der Waals surface area contributed by atoms with Crippen molar-refractivity contribution in [3.05, 3.63) is 24.3 Å². The first-order valence-corrected chi connectivity index (χ1v) is 5.32. The molecular weight excluding hydrogens is 273 g/mol. The van der Waals surface area contributed by atoms with E-state index in [4.69, 9.17) is 0 Å².